The minimum absolute atomic E-state index is 0.124. The molecular formula is C23H37IO. The zero-order valence-corrected chi connectivity index (χ0v) is 18.5. The molecule has 4 aliphatic carbocycles. The second-order valence-corrected chi connectivity index (χ2v) is 14.4. The summed E-state index contributed by atoms with van der Waals surface area (Å²) in [4.78, 5) is 0. The third-order valence-corrected chi connectivity index (χ3v) is 12.9. The Hall–Kier alpha value is 0.690. The summed E-state index contributed by atoms with van der Waals surface area (Å²) in [5.41, 5.74) is 0.174. The van der Waals surface area contributed by atoms with Crippen LogP contribution in [0.1, 0.15) is 90.9 Å². The van der Waals surface area contributed by atoms with Gasteiger partial charge in [-0.2, -0.15) is 0 Å². The van der Waals surface area contributed by atoms with Gasteiger partial charge < -0.3 is 5.11 Å². The van der Waals surface area contributed by atoms with Crippen molar-refractivity contribution < 1.29 is 26.3 Å². The molecule has 1 nitrogen and oxygen atoms in total. The van der Waals surface area contributed by atoms with Gasteiger partial charge in [-0.05, 0) is 79.4 Å². The number of alkyl halides is 2. The lowest BCUT2D eigenvalue weighted by atomic mass is 9.44. The number of fused-ring (bicyclic) bond motifs is 5. The van der Waals surface area contributed by atoms with Crippen molar-refractivity contribution in [2.75, 3.05) is 4.43 Å². The van der Waals surface area contributed by atoms with E-state index in [1.165, 1.54) is 68.6 Å². The highest BCUT2D eigenvalue weighted by molar-refractivity contribution is 5.13. The van der Waals surface area contributed by atoms with Gasteiger partial charge in [0.2, 0.25) is 0 Å². The first-order valence-electron chi connectivity index (χ1n) is 11.2. The van der Waals surface area contributed by atoms with E-state index in [1.807, 2.05) is 0 Å². The lowest BCUT2D eigenvalue weighted by Crippen LogP contribution is -3.48. The fraction of sp³-hybridized carbons (Fsp3) is 1.00. The quantitative estimate of drug-likeness (QED) is 0.469. The molecule has 5 rings (SSSR count). The van der Waals surface area contributed by atoms with E-state index in [9.17, 15) is 5.11 Å². The minimum atomic E-state index is -0.570. The van der Waals surface area contributed by atoms with Crippen LogP contribution in [0.4, 0.5) is 0 Å². The number of rotatable bonds is 3. The molecule has 8 atom stereocenters. The third-order valence-electron chi connectivity index (χ3n) is 10.1. The molecule has 1 saturated heterocycles. The van der Waals surface area contributed by atoms with E-state index in [4.69, 9.17) is 0 Å². The summed E-state index contributed by atoms with van der Waals surface area (Å²) in [6.45, 7) is 5.11. The van der Waals surface area contributed by atoms with Crippen LogP contribution in [0.15, 0.2) is 0 Å². The predicted molar refractivity (Wildman–Crippen MR) is 97.0 cm³/mol. The van der Waals surface area contributed by atoms with Gasteiger partial charge in [0.05, 0.1) is 0 Å². The number of halogens is 1. The van der Waals surface area contributed by atoms with Crippen LogP contribution < -0.4 is 26.3 Å². The summed E-state index contributed by atoms with van der Waals surface area (Å²) in [7, 11) is 0. The Bertz CT molecular complexity index is 530. The summed E-state index contributed by atoms with van der Waals surface area (Å²) < 4.78 is 2.54. The predicted octanol–water partition coefficient (Wildman–Crippen LogP) is 1.77. The Labute approximate surface area is 165 Å². The fourth-order valence-corrected chi connectivity index (χ4v) is 9.96. The molecule has 2 heteroatoms. The molecule has 0 bridgehead atoms. The van der Waals surface area contributed by atoms with Crippen LogP contribution in [0.5, 0.6) is 0 Å². The van der Waals surface area contributed by atoms with E-state index in [1.54, 1.807) is 0 Å². The molecule has 0 amide bonds. The zero-order chi connectivity index (χ0) is 17.3. The van der Waals surface area contributed by atoms with Crippen LogP contribution in [-0.2, 0) is 0 Å². The molecule has 0 N–H and O–H groups in total. The van der Waals surface area contributed by atoms with Crippen molar-refractivity contribution in [1.82, 2.24) is 0 Å². The number of hydrogen-bond acceptors (Lipinski definition) is 1. The Morgan fingerprint density at radius 2 is 1.72 bits per heavy atom. The molecule has 1 heterocycles. The van der Waals surface area contributed by atoms with Gasteiger partial charge in [0, 0.05) is 0 Å². The van der Waals surface area contributed by atoms with Gasteiger partial charge in [0.25, 0.3) is 21.2 Å². The molecular weight excluding hydrogens is 419 g/mol. The summed E-state index contributed by atoms with van der Waals surface area (Å²) in [6.07, 6.45) is 16.1. The van der Waals surface area contributed by atoms with Crippen molar-refractivity contribution in [3.63, 3.8) is 0 Å². The highest BCUT2D eigenvalue weighted by Crippen LogP contribution is 2.68. The lowest BCUT2D eigenvalue weighted by Gasteiger charge is -2.63. The second kappa shape index (κ2) is 6.09. The van der Waals surface area contributed by atoms with Crippen molar-refractivity contribution >= 4 is 0 Å². The highest BCUT2D eigenvalue weighted by atomic mass is 127. The van der Waals surface area contributed by atoms with Crippen molar-refractivity contribution in [2.24, 2.45) is 34.5 Å². The molecule has 0 aromatic carbocycles. The number of hydrogen-bond donors (Lipinski definition) is 0. The Morgan fingerprint density at radius 3 is 2.52 bits per heavy atom. The normalized spacial score (nSPS) is 57.5. The second-order valence-electron chi connectivity index (χ2n) is 10.8. The first kappa shape index (κ1) is 17.8. The van der Waals surface area contributed by atoms with Crippen LogP contribution >= 0.6 is 0 Å². The zero-order valence-electron chi connectivity index (χ0n) is 16.4. The van der Waals surface area contributed by atoms with Gasteiger partial charge in [0.1, 0.15) is 0 Å². The van der Waals surface area contributed by atoms with Gasteiger partial charge in [-0.25, -0.2) is 0 Å². The minimum Gasteiger partial charge on any atom is -0.849 e. The monoisotopic (exact) mass is 456 g/mol. The largest absolute Gasteiger partial charge is 0.849 e. The topological polar surface area (TPSA) is 23.1 Å². The van der Waals surface area contributed by atoms with Crippen LogP contribution in [0.25, 0.3) is 0 Å². The van der Waals surface area contributed by atoms with Crippen LogP contribution in [0.2, 0.25) is 0 Å². The van der Waals surface area contributed by atoms with Crippen LogP contribution in [0.3, 0.4) is 0 Å². The van der Waals surface area contributed by atoms with Gasteiger partial charge in [-0.15, -0.1) is 5.60 Å². The maximum atomic E-state index is 14.0. The molecule has 0 aromatic rings. The van der Waals surface area contributed by atoms with Gasteiger partial charge in [-0.1, -0.05) is 46.0 Å². The molecule has 1 aliphatic heterocycles. The van der Waals surface area contributed by atoms with E-state index in [2.05, 4.69) is 13.8 Å². The molecule has 142 valence electrons. The van der Waals surface area contributed by atoms with Crippen molar-refractivity contribution in [1.29, 1.82) is 0 Å². The maximum Gasteiger partial charge on any atom is 0.281 e. The highest BCUT2D eigenvalue weighted by Gasteiger charge is 2.61. The molecule has 1 unspecified atom stereocenters. The smallest absolute Gasteiger partial charge is 0.281 e. The molecule has 5 fully saturated rings. The van der Waals surface area contributed by atoms with Crippen LogP contribution in [0, 0.1) is 34.5 Å². The van der Waals surface area contributed by atoms with E-state index in [0.29, 0.717) is 26.6 Å². The van der Waals surface area contributed by atoms with E-state index in [0.717, 1.165) is 40.4 Å². The molecule has 5 aliphatic rings. The first-order chi connectivity index (χ1) is 12.0. The third kappa shape index (κ3) is 2.62. The van der Waals surface area contributed by atoms with Gasteiger partial charge >= 0.3 is 0 Å². The van der Waals surface area contributed by atoms with Gasteiger partial charge in [-0.3, -0.25) is 0 Å². The molecule has 4 saturated carbocycles. The van der Waals surface area contributed by atoms with E-state index < -0.39 is 5.60 Å². The SMILES string of the molecule is C[C@]12CCCC[C@@H]1CC[C@@H]1[C@@H]2CC[C@@]2(C)[C@H]1CC[C@@]2([O-])CCC1C[I+]1. The van der Waals surface area contributed by atoms with Crippen LogP contribution in [-0.4, -0.2) is 14.0 Å². The van der Waals surface area contributed by atoms with Gasteiger partial charge in [0.15, 0.2) is 8.35 Å². The summed E-state index contributed by atoms with van der Waals surface area (Å²) in [5, 5.41) is 14.0. The summed E-state index contributed by atoms with van der Waals surface area (Å²) in [5.74, 6) is 3.60. The maximum absolute atomic E-state index is 14.0. The van der Waals surface area contributed by atoms with Crippen molar-refractivity contribution in [3.8, 4) is 0 Å². The van der Waals surface area contributed by atoms with Crippen molar-refractivity contribution in [3.05, 3.63) is 0 Å². The Kier molecular flexibility index (Phi) is 4.33. The lowest BCUT2D eigenvalue weighted by molar-refractivity contribution is -0.517. The fourth-order valence-electron chi connectivity index (χ4n) is 8.41. The van der Waals surface area contributed by atoms with Crippen molar-refractivity contribution in [2.45, 2.75) is 100 Å². The Balaban J connectivity index is 1.39. The Morgan fingerprint density at radius 1 is 0.920 bits per heavy atom. The molecule has 25 heavy (non-hydrogen) atoms. The summed E-state index contributed by atoms with van der Waals surface area (Å²) >= 11 is 0.524. The molecule has 0 radical (unpaired) electrons. The average Bonchev–Trinajstić information content (AvgIpc) is 3.38. The van der Waals surface area contributed by atoms with E-state index >= 15 is 0 Å². The summed E-state index contributed by atoms with van der Waals surface area (Å²) in [6, 6.07) is 0. The first-order valence-corrected chi connectivity index (χ1v) is 14.0. The van der Waals surface area contributed by atoms with E-state index in [-0.39, 0.29) is 5.41 Å². The molecule has 0 spiro atoms. The average molecular weight is 456 g/mol. The molecule has 0 aromatic heterocycles. The standard InChI is InChI=1S/C23H37IO/c1-21-11-4-3-5-16(21)6-7-18-19(21)9-12-22(2)20(18)10-14-23(22,25)13-8-17-15-24-17/h16-20H,3-15H2,1-2H3/t16-,17?,18-,19+,20+,21+,22+,23+/m1/s1.